The van der Waals surface area contributed by atoms with Crippen LogP contribution in [-0.4, -0.2) is 19.6 Å². The molecule has 0 fully saturated rings. The SMILES string of the molecule is [2H]C([2H])([2H])c1cc(-c2cc(C([2H])(C)C)cc(C([2H])(C)C)c2)ccc1-n1c(-c2cc(C(C)C)cc(C(C)C)c2O)nc2c(-c3cc(-c4cc(-c5ccc(C)cc5)ccn4)cc(C(C)(C)C)c3)cccc21. The van der Waals surface area contributed by atoms with Crippen LogP contribution >= 0.6 is 0 Å². The van der Waals surface area contributed by atoms with Gasteiger partial charge in [0.2, 0.25) is 0 Å². The zero-order chi connectivity index (χ0) is 50.1. The fourth-order valence-corrected chi connectivity index (χ4v) is 8.54. The summed E-state index contributed by atoms with van der Waals surface area (Å²) in [5.74, 6) is -1.26. The average molecular weight is 849 g/mol. The van der Waals surface area contributed by atoms with Crippen LogP contribution in [0.15, 0.2) is 128 Å². The van der Waals surface area contributed by atoms with E-state index in [-0.39, 0.29) is 28.6 Å². The Morgan fingerprint density at radius 2 is 1.28 bits per heavy atom. The molecule has 326 valence electrons. The Morgan fingerprint density at radius 1 is 0.609 bits per heavy atom. The predicted octanol–water partition coefficient (Wildman–Crippen LogP) is 16.9. The topological polar surface area (TPSA) is 50.9 Å². The molecule has 0 radical (unpaired) electrons. The molecule has 64 heavy (non-hydrogen) atoms. The summed E-state index contributed by atoms with van der Waals surface area (Å²) in [7, 11) is 0. The summed E-state index contributed by atoms with van der Waals surface area (Å²) in [6, 6.07) is 40.6. The first kappa shape index (κ1) is 38.2. The van der Waals surface area contributed by atoms with Crippen LogP contribution in [0, 0.1) is 13.8 Å². The van der Waals surface area contributed by atoms with Crippen molar-refractivity contribution >= 4 is 11.0 Å². The molecule has 0 unspecified atom stereocenters. The zero-order valence-corrected chi connectivity index (χ0v) is 39.6. The number of aryl methyl sites for hydroxylation is 2. The van der Waals surface area contributed by atoms with E-state index in [2.05, 4.69) is 116 Å². The van der Waals surface area contributed by atoms with Gasteiger partial charge in [0.15, 0.2) is 0 Å². The third kappa shape index (κ3) is 8.68. The predicted molar refractivity (Wildman–Crippen MR) is 272 cm³/mol. The summed E-state index contributed by atoms with van der Waals surface area (Å²) in [6.07, 6.45) is 1.86. The van der Waals surface area contributed by atoms with Gasteiger partial charge in [-0.25, -0.2) is 4.98 Å². The summed E-state index contributed by atoms with van der Waals surface area (Å²) in [4.78, 5) is 10.4. The molecule has 4 heteroatoms. The van der Waals surface area contributed by atoms with E-state index in [1.165, 1.54) is 5.56 Å². The molecule has 0 saturated carbocycles. The average Bonchev–Trinajstić information content (AvgIpc) is 3.67. The lowest BCUT2D eigenvalue weighted by atomic mass is 9.83. The number of hydrogen-bond acceptors (Lipinski definition) is 3. The third-order valence-corrected chi connectivity index (χ3v) is 12.6. The number of phenolic OH excluding ortho intramolecular Hbond substituents is 1. The van der Waals surface area contributed by atoms with Crippen LogP contribution in [0.25, 0.3) is 72.7 Å². The second kappa shape index (κ2) is 17.4. The molecule has 8 rings (SSSR count). The number of pyridine rings is 1. The largest absolute Gasteiger partial charge is 0.507 e. The van der Waals surface area contributed by atoms with E-state index in [4.69, 9.17) is 16.8 Å². The molecule has 0 spiro atoms. The maximum absolute atomic E-state index is 12.3. The van der Waals surface area contributed by atoms with Gasteiger partial charge in [-0.05, 0) is 153 Å². The van der Waals surface area contributed by atoms with Crippen LogP contribution < -0.4 is 0 Å². The Morgan fingerprint density at radius 3 is 1.92 bits per heavy atom. The van der Waals surface area contributed by atoms with E-state index < -0.39 is 18.6 Å². The van der Waals surface area contributed by atoms with Gasteiger partial charge in [-0.2, -0.15) is 0 Å². The molecule has 0 aliphatic carbocycles. The van der Waals surface area contributed by atoms with Gasteiger partial charge in [-0.15, -0.1) is 0 Å². The van der Waals surface area contributed by atoms with E-state index in [0.29, 0.717) is 33.7 Å². The molecule has 0 saturated heterocycles. The third-order valence-electron chi connectivity index (χ3n) is 12.6. The van der Waals surface area contributed by atoms with Crippen LogP contribution in [-0.2, 0) is 5.41 Å². The highest BCUT2D eigenvalue weighted by Crippen LogP contribution is 2.44. The van der Waals surface area contributed by atoms with Crippen molar-refractivity contribution in [3.05, 3.63) is 166 Å². The van der Waals surface area contributed by atoms with Crippen molar-refractivity contribution in [3.8, 4) is 67.5 Å². The first-order valence-corrected chi connectivity index (χ1v) is 22.6. The van der Waals surface area contributed by atoms with Crippen molar-refractivity contribution in [1.82, 2.24) is 14.5 Å². The Kier molecular flexibility index (Phi) is 10.4. The lowest BCUT2D eigenvalue weighted by Crippen LogP contribution is -2.11. The summed E-state index contributed by atoms with van der Waals surface area (Å²) < 4.78 is 47.0. The molecule has 2 aromatic heterocycles. The molecule has 1 N–H and O–H groups in total. The van der Waals surface area contributed by atoms with E-state index in [0.717, 1.165) is 66.9 Å². The molecule has 8 aromatic rings. The number of nitrogens with zero attached hydrogens (tertiary/aromatic N) is 3. The van der Waals surface area contributed by atoms with Gasteiger partial charge >= 0.3 is 0 Å². The Balaban J connectivity index is 1.43. The monoisotopic (exact) mass is 849 g/mol. The van der Waals surface area contributed by atoms with Gasteiger partial charge in [0.1, 0.15) is 11.6 Å². The molecular formula is C60H65N3O. The quantitative estimate of drug-likeness (QED) is 0.149. The summed E-state index contributed by atoms with van der Waals surface area (Å²) in [5.41, 5.74) is 14.9. The maximum Gasteiger partial charge on any atom is 0.149 e. The summed E-state index contributed by atoms with van der Waals surface area (Å²) >= 11 is 0. The number of para-hydroxylation sites is 1. The van der Waals surface area contributed by atoms with Gasteiger partial charge in [0.05, 0.1) is 28.0 Å². The second-order valence-electron chi connectivity index (χ2n) is 19.6. The lowest BCUT2D eigenvalue weighted by Gasteiger charge is -2.22. The molecule has 0 atom stereocenters. The fraction of sp³-hybridized carbons (Fsp3) is 0.300. The molecular weight excluding hydrogens is 779 g/mol. The molecule has 4 nitrogen and oxygen atoms in total. The highest BCUT2D eigenvalue weighted by Gasteiger charge is 2.25. The second-order valence-corrected chi connectivity index (χ2v) is 19.6. The molecule has 6 aromatic carbocycles. The van der Waals surface area contributed by atoms with E-state index in [1.807, 2.05) is 93.1 Å². The number of benzene rings is 6. The van der Waals surface area contributed by atoms with E-state index in [1.54, 1.807) is 6.07 Å². The van der Waals surface area contributed by atoms with E-state index >= 15 is 0 Å². The number of imidazole rings is 1. The maximum atomic E-state index is 12.3. The summed E-state index contributed by atoms with van der Waals surface area (Å²) in [5, 5.41) is 12.3. The number of phenols is 1. The molecule has 0 amide bonds. The number of hydrogen-bond donors (Lipinski definition) is 1. The normalized spacial score (nSPS) is 13.8. The summed E-state index contributed by atoms with van der Waals surface area (Å²) in [6.45, 7) is 21.8. The van der Waals surface area contributed by atoms with Crippen molar-refractivity contribution in [1.29, 1.82) is 0 Å². The van der Waals surface area contributed by atoms with Crippen LogP contribution in [0.4, 0.5) is 0 Å². The Labute approximate surface area is 389 Å². The standard InChI is InChI=1S/C60H65N3O/c1-35(2)44-26-45(36(3)4)28-47(27-44)42-21-22-55(40(10)25-42)63-56-16-14-15-51(57(56)62-59(63)53-33-46(37(5)6)32-52(38(7)8)58(53)64)48-29-49(31-50(30-48)60(11,12)13)54-34-43(23-24-61-54)41-19-17-39(9)18-20-41/h14-38,64H,1-13H3/i10D3,35D,36D. The number of fused-ring (bicyclic) bond motifs is 1. The molecule has 0 bridgehead atoms. The highest BCUT2D eigenvalue weighted by molar-refractivity contribution is 5.97. The van der Waals surface area contributed by atoms with Crippen LogP contribution in [0.3, 0.4) is 0 Å². The number of aromatic nitrogens is 3. The zero-order valence-electron chi connectivity index (χ0n) is 44.6. The minimum atomic E-state index is -2.58. The molecule has 2 heterocycles. The first-order chi connectivity index (χ1) is 32.2. The first-order valence-electron chi connectivity index (χ1n) is 25.1. The van der Waals surface area contributed by atoms with Crippen molar-refractivity contribution < 1.29 is 12.0 Å². The van der Waals surface area contributed by atoms with Gasteiger partial charge in [-0.3, -0.25) is 9.55 Å². The number of rotatable bonds is 10. The van der Waals surface area contributed by atoms with Crippen LogP contribution in [0.2, 0.25) is 0 Å². The minimum Gasteiger partial charge on any atom is -0.507 e. The lowest BCUT2D eigenvalue weighted by molar-refractivity contribution is 0.466. The van der Waals surface area contributed by atoms with Crippen molar-refractivity contribution in [2.24, 2.45) is 0 Å². The van der Waals surface area contributed by atoms with Gasteiger partial charge < -0.3 is 5.11 Å². The van der Waals surface area contributed by atoms with Crippen LogP contribution in [0.5, 0.6) is 5.75 Å². The van der Waals surface area contributed by atoms with Crippen molar-refractivity contribution in [2.45, 2.75) is 119 Å². The van der Waals surface area contributed by atoms with Gasteiger partial charge in [0.25, 0.3) is 0 Å². The van der Waals surface area contributed by atoms with Gasteiger partial charge in [0, 0.05) is 24.2 Å². The molecule has 0 aliphatic heterocycles. The molecule has 0 aliphatic rings. The van der Waals surface area contributed by atoms with Gasteiger partial charge in [-0.1, -0.05) is 155 Å². The van der Waals surface area contributed by atoms with Crippen molar-refractivity contribution in [2.75, 3.05) is 0 Å². The van der Waals surface area contributed by atoms with Crippen LogP contribution in [0.1, 0.15) is 146 Å². The van der Waals surface area contributed by atoms with Crippen molar-refractivity contribution in [3.63, 3.8) is 0 Å². The Hall–Kier alpha value is -6.26. The highest BCUT2D eigenvalue weighted by atomic mass is 16.3. The smallest absolute Gasteiger partial charge is 0.149 e. The fourth-order valence-electron chi connectivity index (χ4n) is 8.54. The minimum absolute atomic E-state index is 0.00668. The van der Waals surface area contributed by atoms with E-state index in [9.17, 15) is 5.11 Å². The Bertz CT molecular complexity index is 3200. The number of aromatic hydroxyl groups is 1.